The van der Waals surface area contributed by atoms with Crippen molar-refractivity contribution in [1.29, 1.82) is 0 Å². The molecular weight excluding hydrogens is 461 g/mol. The minimum Gasteiger partial charge on any atom is -0.362 e. The number of halogens is 3. The molecule has 0 spiro atoms. The maximum Gasteiger partial charge on any atom is 0.416 e. The summed E-state index contributed by atoms with van der Waals surface area (Å²) in [6.45, 7) is 8.08. The number of Topliss-reactive ketones (excluding diaryl/α,β-unsaturated/α-hetero) is 1. The average molecular weight is 489 g/mol. The monoisotopic (exact) mass is 488 g/mol. The Hall–Kier alpha value is -2.87. The first-order valence-corrected chi connectivity index (χ1v) is 12.0. The molecule has 1 aliphatic heterocycles. The van der Waals surface area contributed by atoms with E-state index in [1.54, 1.807) is 18.3 Å². The molecule has 2 aromatic rings. The van der Waals surface area contributed by atoms with Crippen molar-refractivity contribution in [3.05, 3.63) is 74.3 Å². The SMILES string of the molecule is CC1=C(C(=O)Nc2cccc(C(F)(F)F)c2)[C@H](c2ccc(C(C)(C)C)s2)C2=C(CCCC2=O)N1. The lowest BCUT2D eigenvalue weighted by Crippen LogP contribution is -2.35. The van der Waals surface area contributed by atoms with Gasteiger partial charge in [0.15, 0.2) is 5.78 Å². The Kier molecular flexibility index (Phi) is 6.23. The number of amides is 1. The molecule has 0 radical (unpaired) electrons. The largest absolute Gasteiger partial charge is 0.416 e. The highest BCUT2D eigenvalue weighted by atomic mass is 32.1. The molecule has 0 unspecified atom stereocenters. The third kappa shape index (κ3) is 4.69. The number of hydrogen-bond acceptors (Lipinski definition) is 4. The second-order valence-corrected chi connectivity index (χ2v) is 10.9. The zero-order chi connectivity index (χ0) is 24.8. The summed E-state index contributed by atoms with van der Waals surface area (Å²) in [5, 5.41) is 5.88. The third-order valence-electron chi connectivity index (χ3n) is 6.12. The molecule has 4 rings (SSSR count). The maximum atomic E-state index is 13.5. The molecule has 8 heteroatoms. The number of dihydropyridines is 1. The highest BCUT2D eigenvalue weighted by molar-refractivity contribution is 7.12. The highest BCUT2D eigenvalue weighted by Gasteiger charge is 2.39. The van der Waals surface area contributed by atoms with E-state index in [9.17, 15) is 22.8 Å². The summed E-state index contributed by atoms with van der Waals surface area (Å²) in [6.07, 6.45) is -2.64. The molecule has 0 bridgehead atoms. The van der Waals surface area contributed by atoms with E-state index in [1.165, 1.54) is 12.1 Å². The quantitative estimate of drug-likeness (QED) is 0.507. The fourth-order valence-corrected chi connectivity index (χ4v) is 5.64. The summed E-state index contributed by atoms with van der Waals surface area (Å²) in [5.41, 5.74) is 1.50. The van der Waals surface area contributed by atoms with Crippen LogP contribution in [-0.2, 0) is 21.2 Å². The number of thiophene rings is 1. The van der Waals surface area contributed by atoms with E-state index >= 15 is 0 Å². The number of nitrogens with one attached hydrogen (secondary N) is 2. The van der Waals surface area contributed by atoms with Crippen LogP contribution in [0.2, 0.25) is 0 Å². The maximum absolute atomic E-state index is 13.5. The Morgan fingerprint density at radius 1 is 1.12 bits per heavy atom. The van der Waals surface area contributed by atoms with Crippen LogP contribution < -0.4 is 10.6 Å². The lowest BCUT2D eigenvalue weighted by Gasteiger charge is -2.34. The summed E-state index contributed by atoms with van der Waals surface area (Å²) in [7, 11) is 0. The molecule has 2 aliphatic rings. The fraction of sp³-hybridized carbons (Fsp3) is 0.385. The Morgan fingerprint density at radius 2 is 1.85 bits per heavy atom. The molecule has 180 valence electrons. The van der Waals surface area contributed by atoms with Crippen LogP contribution in [0.25, 0.3) is 0 Å². The standard InChI is InChI=1S/C26H27F3N2O2S/c1-14-21(24(33)31-16-8-5-7-15(13-16)26(27,28)29)23(19-11-12-20(34-19)25(2,3)4)22-17(30-14)9-6-10-18(22)32/h5,7-8,11-13,23,30H,6,9-10H2,1-4H3,(H,31,33)/t23-/m0/s1. The number of ketones is 1. The van der Waals surface area contributed by atoms with Gasteiger partial charge >= 0.3 is 6.18 Å². The predicted octanol–water partition coefficient (Wildman–Crippen LogP) is 6.67. The predicted molar refractivity (Wildman–Crippen MR) is 128 cm³/mol. The second kappa shape index (κ2) is 8.73. The number of anilines is 1. The Labute approximate surface area is 200 Å². The van der Waals surface area contributed by atoms with Crippen molar-refractivity contribution in [2.75, 3.05) is 5.32 Å². The molecule has 1 amide bonds. The molecule has 1 aliphatic carbocycles. The van der Waals surface area contributed by atoms with Crippen molar-refractivity contribution in [1.82, 2.24) is 5.32 Å². The number of carbonyl (C=O) groups excluding carboxylic acids is 2. The van der Waals surface area contributed by atoms with Crippen molar-refractivity contribution in [2.24, 2.45) is 0 Å². The highest BCUT2D eigenvalue weighted by Crippen LogP contribution is 2.46. The van der Waals surface area contributed by atoms with Gasteiger partial charge in [-0.15, -0.1) is 11.3 Å². The van der Waals surface area contributed by atoms with Gasteiger partial charge in [-0.2, -0.15) is 13.2 Å². The van der Waals surface area contributed by atoms with Gasteiger partial charge in [0.05, 0.1) is 11.5 Å². The first kappa shape index (κ1) is 24.3. The molecular formula is C26H27F3N2O2S. The Balaban J connectivity index is 1.76. The Morgan fingerprint density at radius 3 is 2.50 bits per heavy atom. The van der Waals surface area contributed by atoms with Gasteiger partial charge in [0.25, 0.3) is 5.91 Å². The van der Waals surface area contributed by atoms with Crippen LogP contribution in [0.3, 0.4) is 0 Å². The summed E-state index contributed by atoms with van der Waals surface area (Å²) in [6, 6.07) is 8.54. The smallest absolute Gasteiger partial charge is 0.362 e. The second-order valence-electron chi connectivity index (χ2n) is 9.75. The van der Waals surface area contributed by atoms with E-state index in [0.717, 1.165) is 40.4 Å². The Bertz CT molecular complexity index is 1220. The molecule has 34 heavy (non-hydrogen) atoms. The molecule has 1 atom stereocenters. The van der Waals surface area contributed by atoms with Crippen LogP contribution in [-0.4, -0.2) is 11.7 Å². The zero-order valence-electron chi connectivity index (χ0n) is 19.5. The molecule has 1 aromatic carbocycles. The summed E-state index contributed by atoms with van der Waals surface area (Å²) >= 11 is 1.56. The minimum absolute atomic E-state index is 0.00123. The van der Waals surface area contributed by atoms with Gasteiger partial charge in [-0.1, -0.05) is 26.8 Å². The summed E-state index contributed by atoms with van der Waals surface area (Å²) in [4.78, 5) is 28.5. The third-order valence-corrected chi connectivity index (χ3v) is 7.69. The van der Waals surface area contributed by atoms with Gasteiger partial charge in [0.2, 0.25) is 0 Å². The first-order valence-electron chi connectivity index (χ1n) is 11.2. The van der Waals surface area contributed by atoms with E-state index in [4.69, 9.17) is 0 Å². The number of alkyl halides is 3. The lowest BCUT2D eigenvalue weighted by molar-refractivity contribution is -0.137. The number of benzene rings is 1. The minimum atomic E-state index is -4.51. The van der Waals surface area contributed by atoms with Gasteiger partial charge in [-0.05, 0) is 55.5 Å². The molecule has 0 saturated heterocycles. The molecule has 0 fully saturated rings. The van der Waals surface area contributed by atoms with Crippen LogP contribution in [0.5, 0.6) is 0 Å². The topological polar surface area (TPSA) is 58.2 Å². The van der Waals surface area contributed by atoms with Crippen molar-refractivity contribution >= 4 is 28.7 Å². The van der Waals surface area contributed by atoms with Gasteiger partial charge in [0, 0.05) is 44.4 Å². The zero-order valence-corrected chi connectivity index (χ0v) is 20.3. The summed E-state index contributed by atoms with van der Waals surface area (Å²) in [5.74, 6) is -1.08. The molecule has 0 saturated carbocycles. The number of allylic oxidation sites excluding steroid dienone is 3. The van der Waals surface area contributed by atoms with Crippen molar-refractivity contribution < 1.29 is 22.8 Å². The number of hydrogen-bond donors (Lipinski definition) is 2. The molecule has 2 N–H and O–H groups in total. The van der Waals surface area contributed by atoms with Crippen LogP contribution in [0.15, 0.2) is 58.9 Å². The van der Waals surface area contributed by atoms with E-state index in [0.29, 0.717) is 23.3 Å². The number of carbonyl (C=O) groups is 2. The van der Waals surface area contributed by atoms with E-state index < -0.39 is 23.6 Å². The van der Waals surface area contributed by atoms with Crippen LogP contribution in [0.4, 0.5) is 18.9 Å². The number of rotatable bonds is 3. The molecule has 2 heterocycles. The molecule has 1 aromatic heterocycles. The van der Waals surface area contributed by atoms with Gasteiger partial charge < -0.3 is 10.6 Å². The van der Waals surface area contributed by atoms with Crippen LogP contribution in [0, 0.1) is 0 Å². The van der Waals surface area contributed by atoms with Gasteiger partial charge in [-0.3, -0.25) is 9.59 Å². The normalized spacial score (nSPS) is 19.1. The summed E-state index contributed by atoms with van der Waals surface area (Å²) < 4.78 is 39.5. The van der Waals surface area contributed by atoms with E-state index in [2.05, 4.69) is 31.4 Å². The van der Waals surface area contributed by atoms with Crippen molar-refractivity contribution in [3.8, 4) is 0 Å². The average Bonchev–Trinajstić information content (AvgIpc) is 3.23. The van der Waals surface area contributed by atoms with Gasteiger partial charge in [-0.25, -0.2) is 0 Å². The molecule has 4 nitrogen and oxygen atoms in total. The fourth-order valence-electron chi connectivity index (χ4n) is 4.45. The van der Waals surface area contributed by atoms with Crippen LogP contribution >= 0.6 is 11.3 Å². The van der Waals surface area contributed by atoms with Crippen molar-refractivity contribution in [3.63, 3.8) is 0 Å². The lowest BCUT2D eigenvalue weighted by atomic mass is 9.77. The van der Waals surface area contributed by atoms with Gasteiger partial charge in [0.1, 0.15) is 0 Å². The van der Waals surface area contributed by atoms with Crippen LogP contribution in [0.1, 0.15) is 68.2 Å². The van der Waals surface area contributed by atoms with E-state index in [-0.39, 0.29) is 16.9 Å². The van der Waals surface area contributed by atoms with Crippen molar-refractivity contribution in [2.45, 2.75) is 64.5 Å². The first-order chi connectivity index (χ1) is 15.9. The van der Waals surface area contributed by atoms with E-state index in [1.807, 2.05) is 12.1 Å².